The molecule has 1 aromatic carbocycles. The molecule has 3 nitrogen and oxygen atoms in total. The third-order valence-corrected chi connectivity index (χ3v) is 6.00. The van der Waals surface area contributed by atoms with Crippen LogP contribution in [-0.2, 0) is 0 Å². The van der Waals surface area contributed by atoms with Crippen molar-refractivity contribution in [3.63, 3.8) is 0 Å². The smallest absolute Gasteiger partial charge is 0.123 e. The van der Waals surface area contributed by atoms with Crippen LogP contribution in [0.1, 0.15) is 44.2 Å². The standard InChI is InChI=1S/C17H27NO2S/c1-13(18-12-17(21-4)9-5-6-10-17)15-11-14(19-2)7-8-16(15)20-3/h7-8,11,13,18H,5-6,9-10,12H2,1-4H3. The number of ether oxygens (including phenoxy) is 2. The maximum absolute atomic E-state index is 5.49. The Balaban J connectivity index is 2.07. The van der Waals surface area contributed by atoms with Crippen LogP contribution in [0.5, 0.6) is 11.5 Å². The third-order valence-electron chi connectivity index (χ3n) is 4.58. The zero-order valence-electron chi connectivity index (χ0n) is 13.6. The largest absolute Gasteiger partial charge is 0.497 e. The van der Waals surface area contributed by atoms with E-state index in [1.165, 1.54) is 25.7 Å². The first-order valence-corrected chi connectivity index (χ1v) is 8.87. The fourth-order valence-electron chi connectivity index (χ4n) is 3.10. The Hall–Kier alpha value is -0.870. The van der Waals surface area contributed by atoms with Crippen LogP contribution in [0.15, 0.2) is 18.2 Å². The van der Waals surface area contributed by atoms with Crippen molar-refractivity contribution >= 4 is 11.8 Å². The van der Waals surface area contributed by atoms with Crippen molar-refractivity contribution in [2.75, 3.05) is 27.0 Å². The Bertz CT molecular complexity index is 458. The molecular formula is C17H27NO2S. The molecule has 1 saturated carbocycles. The van der Waals surface area contributed by atoms with Crippen molar-refractivity contribution in [3.05, 3.63) is 23.8 Å². The maximum Gasteiger partial charge on any atom is 0.123 e. The van der Waals surface area contributed by atoms with Crippen molar-refractivity contribution < 1.29 is 9.47 Å². The van der Waals surface area contributed by atoms with Gasteiger partial charge in [-0.15, -0.1) is 0 Å². The number of benzene rings is 1. The predicted octanol–water partition coefficient (Wildman–Crippen LogP) is 4.03. The first kappa shape index (κ1) is 16.5. The summed E-state index contributed by atoms with van der Waals surface area (Å²) in [5.41, 5.74) is 1.16. The number of hydrogen-bond donors (Lipinski definition) is 1. The molecule has 0 aromatic heterocycles. The van der Waals surface area contributed by atoms with Gasteiger partial charge in [0.15, 0.2) is 0 Å². The fraction of sp³-hybridized carbons (Fsp3) is 0.647. The van der Waals surface area contributed by atoms with Gasteiger partial charge in [0.2, 0.25) is 0 Å². The lowest BCUT2D eigenvalue weighted by molar-refractivity contribution is 0.389. The highest BCUT2D eigenvalue weighted by Gasteiger charge is 2.33. The molecule has 0 aliphatic heterocycles. The first-order valence-electron chi connectivity index (χ1n) is 7.64. The highest BCUT2D eigenvalue weighted by atomic mass is 32.2. The van der Waals surface area contributed by atoms with E-state index >= 15 is 0 Å². The monoisotopic (exact) mass is 309 g/mol. The van der Waals surface area contributed by atoms with Gasteiger partial charge in [0, 0.05) is 22.9 Å². The summed E-state index contributed by atoms with van der Waals surface area (Å²) in [5.74, 6) is 1.79. The molecule has 1 aliphatic rings. The Morgan fingerprint density at radius 3 is 2.52 bits per heavy atom. The molecule has 0 saturated heterocycles. The van der Waals surface area contributed by atoms with Crippen LogP contribution in [0.25, 0.3) is 0 Å². The Labute approximate surface area is 132 Å². The molecule has 0 radical (unpaired) electrons. The first-order chi connectivity index (χ1) is 10.1. The van der Waals surface area contributed by atoms with Crippen LogP contribution in [0.4, 0.5) is 0 Å². The summed E-state index contributed by atoms with van der Waals surface area (Å²) in [5, 5.41) is 3.70. The summed E-state index contributed by atoms with van der Waals surface area (Å²) < 4.78 is 11.2. The van der Waals surface area contributed by atoms with E-state index in [1.54, 1.807) is 14.2 Å². The number of nitrogens with one attached hydrogen (secondary N) is 1. The number of rotatable bonds is 7. The summed E-state index contributed by atoms with van der Waals surface area (Å²) in [4.78, 5) is 0. The average Bonchev–Trinajstić information content (AvgIpc) is 3.01. The van der Waals surface area contributed by atoms with Crippen LogP contribution in [0.3, 0.4) is 0 Å². The van der Waals surface area contributed by atoms with E-state index in [1.807, 2.05) is 23.9 Å². The van der Waals surface area contributed by atoms with Gasteiger partial charge >= 0.3 is 0 Å². The molecule has 2 rings (SSSR count). The second-order valence-corrected chi connectivity index (χ2v) is 7.08. The zero-order chi connectivity index (χ0) is 15.3. The van der Waals surface area contributed by atoms with Gasteiger partial charge in [-0.3, -0.25) is 0 Å². The lowest BCUT2D eigenvalue weighted by atomic mass is 10.0. The normalized spacial score (nSPS) is 18.5. The molecule has 118 valence electrons. The van der Waals surface area contributed by atoms with Crippen molar-refractivity contribution in [2.24, 2.45) is 0 Å². The Kier molecular flexibility index (Phi) is 5.82. The van der Waals surface area contributed by atoms with Gasteiger partial charge in [0.25, 0.3) is 0 Å². The highest BCUT2D eigenvalue weighted by molar-refractivity contribution is 8.00. The molecule has 1 fully saturated rings. The SMILES string of the molecule is COc1ccc(OC)c(C(C)NCC2(SC)CCCC2)c1. The lowest BCUT2D eigenvalue weighted by Crippen LogP contribution is -2.36. The van der Waals surface area contributed by atoms with Gasteiger partial charge in [-0.1, -0.05) is 12.8 Å². The van der Waals surface area contributed by atoms with E-state index in [0.29, 0.717) is 4.75 Å². The van der Waals surface area contributed by atoms with E-state index in [2.05, 4.69) is 24.6 Å². The van der Waals surface area contributed by atoms with Gasteiger partial charge in [-0.05, 0) is 44.2 Å². The van der Waals surface area contributed by atoms with Gasteiger partial charge < -0.3 is 14.8 Å². The Morgan fingerprint density at radius 1 is 1.24 bits per heavy atom. The minimum absolute atomic E-state index is 0.250. The van der Waals surface area contributed by atoms with Crippen molar-refractivity contribution in [1.29, 1.82) is 0 Å². The average molecular weight is 309 g/mol. The lowest BCUT2D eigenvalue weighted by Gasteiger charge is -2.29. The Morgan fingerprint density at radius 2 is 1.95 bits per heavy atom. The van der Waals surface area contributed by atoms with Gasteiger partial charge in [0.1, 0.15) is 11.5 Å². The molecule has 1 unspecified atom stereocenters. The molecule has 21 heavy (non-hydrogen) atoms. The highest BCUT2D eigenvalue weighted by Crippen LogP contribution is 2.40. The second kappa shape index (κ2) is 7.41. The molecule has 1 aliphatic carbocycles. The van der Waals surface area contributed by atoms with Crippen LogP contribution in [0, 0.1) is 0 Å². The van der Waals surface area contributed by atoms with E-state index in [4.69, 9.17) is 9.47 Å². The minimum Gasteiger partial charge on any atom is -0.497 e. The van der Waals surface area contributed by atoms with E-state index in [0.717, 1.165) is 23.6 Å². The predicted molar refractivity (Wildman–Crippen MR) is 90.7 cm³/mol. The molecule has 0 heterocycles. The summed E-state index contributed by atoms with van der Waals surface area (Å²) in [6, 6.07) is 6.23. The summed E-state index contributed by atoms with van der Waals surface area (Å²) in [6.07, 6.45) is 7.61. The molecule has 4 heteroatoms. The zero-order valence-corrected chi connectivity index (χ0v) is 14.4. The number of thioether (sulfide) groups is 1. The molecule has 0 amide bonds. The molecule has 1 atom stereocenters. The topological polar surface area (TPSA) is 30.5 Å². The van der Waals surface area contributed by atoms with Crippen molar-refractivity contribution in [1.82, 2.24) is 5.32 Å². The van der Waals surface area contributed by atoms with E-state index in [9.17, 15) is 0 Å². The molecule has 1 N–H and O–H groups in total. The maximum atomic E-state index is 5.49. The van der Waals surface area contributed by atoms with Crippen LogP contribution in [0.2, 0.25) is 0 Å². The minimum atomic E-state index is 0.250. The number of methoxy groups -OCH3 is 2. The van der Waals surface area contributed by atoms with Crippen molar-refractivity contribution in [3.8, 4) is 11.5 Å². The summed E-state index contributed by atoms with van der Waals surface area (Å²) in [6.45, 7) is 3.25. The summed E-state index contributed by atoms with van der Waals surface area (Å²) in [7, 11) is 3.42. The van der Waals surface area contributed by atoms with Crippen molar-refractivity contribution in [2.45, 2.75) is 43.4 Å². The van der Waals surface area contributed by atoms with E-state index in [-0.39, 0.29) is 6.04 Å². The molecular weight excluding hydrogens is 282 g/mol. The quantitative estimate of drug-likeness (QED) is 0.824. The molecule has 0 bridgehead atoms. The third kappa shape index (κ3) is 3.86. The summed E-state index contributed by atoms with van der Waals surface area (Å²) >= 11 is 2.02. The van der Waals surface area contributed by atoms with Gasteiger partial charge in [0.05, 0.1) is 14.2 Å². The van der Waals surface area contributed by atoms with Crippen LogP contribution in [-0.4, -0.2) is 31.8 Å². The second-order valence-electron chi connectivity index (χ2n) is 5.80. The molecule has 0 spiro atoms. The fourth-order valence-corrected chi connectivity index (χ4v) is 4.02. The van der Waals surface area contributed by atoms with Crippen LogP contribution >= 0.6 is 11.8 Å². The van der Waals surface area contributed by atoms with E-state index < -0.39 is 0 Å². The van der Waals surface area contributed by atoms with Gasteiger partial charge in [-0.2, -0.15) is 11.8 Å². The molecule has 1 aromatic rings. The number of hydrogen-bond acceptors (Lipinski definition) is 4. The van der Waals surface area contributed by atoms with Gasteiger partial charge in [-0.25, -0.2) is 0 Å². The van der Waals surface area contributed by atoms with Crippen LogP contribution < -0.4 is 14.8 Å².